The molecule has 0 saturated carbocycles. The molecular formula is C15H22FNS. The Balaban J connectivity index is 1.80. The molecule has 1 N–H and O–H groups in total. The maximum atomic E-state index is 13.1. The van der Waals surface area contributed by atoms with E-state index in [4.69, 9.17) is 0 Å². The standard InChI is InChI=1S/C15H22FNS/c1-12(9-13-5-3-6-14(16)10-13)17-11-15(2)7-4-8-18-15/h3,5-6,10,12,17H,4,7-9,11H2,1-2H3. The van der Waals surface area contributed by atoms with Crippen molar-refractivity contribution in [2.45, 2.75) is 43.9 Å². The highest BCUT2D eigenvalue weighted by Crippen LogP contribution is 2.37. The fourth-order valence-electron chi connectivity index (χ4n) is 2.46. The van der Waals surface area contributed by atoms with Crippen LogP contribution in [0.25, 0.3) is 0 Å². The molecule has 1 aliphatic rings. The van der Waals surface area contributed by atoms with Gasteiger partial charge < -0.3 is 5.32 Å². The van der Waals surface area contributed by atoms with E-state index < -0.39 is 0 Å². The van der Waals surface area contributed by atoms with Gasteiger partial charge >= 0.3 is 0 Å². The molecule has 1 aliphatic heterocycles. The van der Waals surface area contributed by atoms with Crippen molar-refractivity contribution >= 4 is 11.8 Å². The molecule has 18 heavy (non-hydrogen) atoms. The Hall–Kier alpha value is -0.540. The first-order valence-electron chi connectivity index (χ1n) is 6.69. The Morgan fingerprint density at radius 1 is 1.50 bits per heavy atom. The first kappa shape index (κ1) is 13.9. The first-order valence-corrected chi connectivity index (χ1v) is 7.68. The molecule has 0 spiro atoms. The number of hydrogen-bond donors (Lipinski definition) is 1. The van der Waals surface area contributed by atoms with E-state index in [-0.39, 0.29) is 5.82 Å². The Morgan fingerprint density at radius 3 is 3.00 bits per heavy atom. The summed E-state index contributed by atoms with van der Waals surface area (Å²) in [6, 6.07) is 7.30. The molecule has 2 atom stereocenters. The molecule has 1 heterocycles. The fourth-order valence-corrected chi connectivity index (χ4v) is 3.71. The second kappa shape index (κ2) is 6.07. The minimum atomic E-state index is -0.141. The lowest BCUT2D eigenvalue weighted by molar-refractivity contribution is 0.477. The normalized spacial score (nSPS) is 25.3. The minimum absolute atomic E-state index is 0.141. The summed E-state index contributed by atoms with van der Waals surface area (Å²) in [6.07, 6.45) is 3.52. The number of rotatable bonds is 5. The van der Waals surface area contributed by atoms with E-state index >= 15 is 0 Å². The van der Waals surface area contributed by atoms with E-state index in [1.807, 2.05) is 6.07 Å². The van der Waals surface area contributed by atoms with E-state index in [9.17, 15) is 4.39 Å². The molecule has 3 heteroatoms. The summed E-state index contributed by atoms with van der Waals surface area (Å²) in [5.41, 5.74) is 1.07. The van der Waals surface area contributed by atoms with Gasteiger partial charge in [0.05, 0.1) is 0 Å². The predicted octanol–water partition coefficient (Wildman–Crippen LogP) is 3.63. The second-order valence-corrected chi connectivity index (χ2v) is 7.20. The van der Waals surface area contributed by atoms with Gasteiger partial charge in [-0.1, -0.05) is 12.1 Å². The third kappa shape index (κ3) is 3.99. The molecule has 2 unspecified atom stereocenters. The zero-order valence-electron chi connectivity index (χ0n) is 11.2. The van der Waals surface area contributed by atoms with E-state index in [1.165, 1.54) is 24.7 Å². The zero-order valence-corrected chi connectivity index (χ0v) is 12.0. The summed E-state index contributed by atoms with van der Waals surface area (Å²) in [5.74, 6) is 1.15. The number of hydrogen-bond acceptors (Lipinski definition) is 2. The summed E-state index contributed by atoms with van der Waals surface area (Å²) in [4.78, 5) is 0. The molecule has 1 fully saturated rings. The van der Waals surface area contributed by atoms with Crippen molar-refractivity contribution in [1.29, 1.82) is 0 Å². The van der Waals surface area contributed by atoms with Crippen LogP contribution in [0, 0.1) is 5.82 Å². The van der Waals surface area contributed by atoms with Crippen molar-refractivity contribution in [2.75, 3.05) is 12.3 Å². The van der Waals surface area contributed by atoms with Crippen LogP contribution in [0.15, 0.2) is 24.3 Å². The maximum absolute atomic E-state index is 13.1. The van der Waals surface area contributed by atoms with Gasteiger partial charge in [0.2, 0.25) is 0 Å². The van der Waals surface area contributed by atoms with Gasteiger partial charge in [-0.3, -0.25) is 0 Å². The maximum Gasteiger partial charge on any atom is 0.123 e. The van der Waals surface area contributed by atoms with Gasteiger partial charge in [-0.2, -0.15) is 11.8 Å². The van der Waals surface area contributed by atoms with Crippen molar-refractivity contribution in [1.82, 2.24) is 5.32 Å². The minimum Gasteiger partial charge on any atom is -0.313 e. The zero-order chi connectivity index (χ0) is 13.0. The Labute approximate surface area is 114 Å². The Kier molecular flexibility index (Phi) is 4.68. The fraction of sp³-hybridized carbons (Fsp3) is 0.600. The van der Waals surface area contributed by atoms with E-state index in [0.29, 0.717) is 10.8 Å². The van der Waals surface area contributed by atoms with E-state index in [2.05, 4.69) is 30.9 Å². The highest BCUT2D eigenvalue weighted by atomic mass is 32.2. The van der Waals surface area contributed by atoms with Crippen LogP contribution in [0.2, 0.25) is 0 Å². The van der Waals surface area contributed by atoms with Gasteiger partial charge in [0.25, 0.3) is 0 Å². The van der Waals surface area contributed by atoms with Crippen LogP contribution in [0.5, 0.6) is 0 Å². The molecule has 0 aromatic heterocycles. The van der Waals surface area contributed by atoms with Gasteiger partial charge in [0, 0.05) is 17.3 Å². The van der Waals surface area contributed by atoms with Crippen LogP contribution in [-0.4, -0.2) is 23.1 Å². The van der Waals surface area contributed by atoms with Gasteiger partial charge in [0.1, 0.15) is 5.82 Å². The van der Waals surface area contributed by atoms with Crippen molar-refractivity contribution in [3.05, 3.63) is 35.6 Å². The molecule has 1 nitrogen and oxygen atoms in total. The van der Waals surface area contributed by atoms with Crippen LogP contribution < -0.4 is 5.32 Å². The van der Waals surface area contributed by atoms with Crippen molar-refractivity contribution < 1.29 is 4.39 Å². The highest BCUT2D eigenvalue weighted by Gasteiger charge is 2.29. The molecule has 1 aromatic carbocycles. The Bertz CT molecular complexity index is 388. The molecular weight excluding hydrogens is 245 g/mol. The lowest BCUT2D eigenvalue weighted by Gasteiger charge is -2.25. The third-order valence-corrected chi connectivity index (χ3v) is 5.09. The number of benzene rings is 1. The molecule has 1 saturated heterocycles. The number of thioether (sulfide) groups is 1. The molecule has 0 radical (unpaired) electrons. The van der Waals surface area contributed by atoms with Crippen LogP contribution in [0.1, 0.15) is 32.3 Å². The van der Waals surface area contributed by atoms with Crippen molar-refractivity contribution in [2.24, 2.45) is 0 Å². The lowest BCUT2D eigenvalue weighted by atomic mass is 10.0. The monoisotopic (exact) mass is 267 g/mol. The lowest BCUT2D eigenvalue weighted by Crippen LogP contribution is -2.39. The number of nitrogens with one attached hydrogen (secondary N) is 1. The average Bonchev–Trinajstić information content (AvgIpc) is 2.74. The third-order valence-electron chi connectivity index (χ3n) is 3.56. The largest absolute Gasteiger partial charge is 0.313 e. The van der Waals surface area contributed by atoms with Crippen LogP contribution in [-0.2, 0) is 6.42 Å². The van der Waals surface area contributed by atoms with Gasteiger partial charge in [-0.05, 0) is 56.6 Å². The van der Waals surface area contributed by atoms with Crippen LogP contribution in [0.3, 0.4) is 0 Å². The van der Waals surface area contributed by atoms with Gasteiger partial charge in [-0.25, -0.2) is 4.39 Å². The summed E-state index contributed by atoms with van der Waals surface area (Å²) < 4.78 is 13.5. The highest BCUT2D eigenvalue weighted by molar-refractivity contribution is 8.00. The van der Waals surface area contributed by atoms with E-state index in [0.717, 1.165) is 18.5 Å². The van der Waals surface area contributed by atoms with Crippen LogP contribution in [0.4, 0.5) is 4.39 Å². The smallest absolute Gasteiger partial charge is 0.123 e. The van der Waals surface area contributed by atoms with Crippen LogP contribution >= 0.6 is 11.8 Å². The summed E-state index contributed by atoms with van der Waals surface area (Å²) in [7, 11) is 0. The summed E-state index contributed by atoms with van der Waals surface area (Å²) in [6.45, 7) is 5.56. The summed E-state index contributed by atoms with van der Waals surface area (Å²) >= 11 is 2.07. The summed E-state index contributed by atoms with van der Waals surface area (Å²) in [5, 5.41) is 3.59. The Morgan fingerprint density at radius 2 is 2.33 bits per heavy atom. The molecule has 0 amide bonds. The molecule has 0 bridgehead atoms. The van der Waals surface area contributed by atoms with Gasteiger partial charge in [-0.15, -0.1) is 0 Å². The predicted molar refractivity (Wildman–Crippen MR) is 77.7 cm³/mol. The molecule has 0 aliphatic carbocycles. The second-order valence-electron chi connectivity index (χ2n) is 5.52. The number of halogens is 1. The molecule has 100 valence electrons. The SMILES string of the molecule is CC(Cc1cccc(F)c1)NCC1(C)CCCS1. The quantitative estimate of drug-likeness (QED) is 0.874. The molecule has 2 rings (SSSR count). The van der Waals surface area contributed by atoms with Crippen molar-refractivity contribution in [3.63, 3.8) is 0 Å². The topological polar surface area (TPSA) is 12.0 Å². The first-order chi connectivity index (χ1) is 8.57. The van der Waals surface area contributed by atoms with Crippen molar-refractivity contribution in [3.8, 4) is 0 Å². The van der Waals surface area contributed by atoms with E-state index in [1.54, 1.807) is 12.1 Å². The average molecular weight is 267 g/mol. The molecule has 1 aromatic rings. The van der Waals surface area contributed by atoms with Gasteiger partial charge in [0.15, 0.2) is 0 Å².